The molecular weight excluding hydrogens is 204 g/mol. The summed E-state index contributed by atoms with van der Waals surface area (Å²) in [5, 5.41) is 0. The summed E-state index contributed by atoms with van der Waals surface area (Å²) in [6.45, 7) is 7.07. The van der Waals surface area contributed by atoms with Crippen molar-refractivity contribution in [3.63, 3.8) is 0 Å². The summed E-state index contributed by atoms with van der Waals surface area (Å²) in [5.41, 5.74) is 0.467. The van der Waals surface area contributed by atoms with E-state index in [1.165, 1.54) is 12.2 Å². The summed E-state index contributed by atoms with van der Waals surface area (Å²) in [7, 11) is 1.57. The molecule has 0 N–H and O–H groups in total. The van der Waals surface area contributed by atoms with Gasteiger partial charge in [-0.05, 0) is 36.4 Å². The van der Waals surface area contributed by atoms with E-state index in [-0.39, 0.29) is 0 Å². The lowest BCUT2D eigenvalue weighted by Gasteiger charge is -2.09. The minimum absolute atomic E-state index is 0.410. The molecule has 0 aliphatic heterocycles. The first kappa shape index (κ1) is 12.0. The van der Waals surface area contributed by atoms with Crippen LogP contribution in [-0.2, 0) is 4.74 Å². The number of benzene rings is 1. The van der Waals surface area contributed by atoms with E-state index in [4.69, 9.17) is 9.47 Å². The van der Waals surface area contributed by atoms with Gasteiger partial charge < -0.3 is 9.47 Å². The molecule has 0 atom stereocenters. The fraction of sp³-hybridized carbons (Fsp3) is 0.154. The summed E-state index contributed by atoms with van der Waals surface area (Å²) in [5.74, 6) is 0.285. The van der Waals surface area contributed by atoms with Crippen molar-refractivity contribution in [1.29, 1.82) is 0 Å². The Hall–Kier alpha value is -2.03. The Morgan fingerprint density at radius 3 is 2.25 bits per heavy atom. The van der Waals surface area contributed by atoms with Gasteiger partial charge in [0.25, 0.3) is 0 Å². The van der Waals surface area contributed by atoms with E-state index in [0.717, 1.165) is 0 Å². The monoisotopic (exact) mass is 218 g/mol. The highest BCUT2D eigenvalue weighted by Gasteiger charge is 2.10. The van der Waals surface area contributed by atoms with Crippen molar-refractivity contribution in [3.8, 4) is 5.75 Å². The first-order valence-electron chi connectivity index (χ1n) is 4.81. The molecule has 0 spiro atoms. The molecule has 0 fully saturated rings. The van der Waals surface area contributed by atoms with Crippen LogP contribution < -0.4 is 4.74 Å². The first-order valence-corrected chi connectivity index (χ1v) is 4.81. The number of esters is 1. The van der Waals surface area contributed by atoms with Crippen LogP contribution in [0.2, 0.25) is 0 Å². The number of hydrogen-bond acceptors (Lipinski definition) is 3. The lowest BCUT2D eigenvalue weighted by Crippen LogP contribution is -2.13. The zero-order valence-electron chi connectivity index (χ0n) is 9.18. The van der Waals surface area contributed by atoms with Gasteiger partial charge in [0.1, 0.15) is 11.9 Å². The van der Waals surface area contributed by atoms with E-state index in [0.29, 0.717) is 11.3 Å². The van der Waals surface area contributed by atoms with Crippen molar-refractivity contribution < 1.29 is 14.3 Å². The van der Waals surface area contributed by atoms with Gasteiger partial charge in [-0.2, -0.15) is 0 Å². The lowest BCUT2D eigenvalue weighted by atomic mass is 10.2. The lowest BCUT2D eigenvalue weighted by molar-refractivity contribution is 0.0464. The summed E-state index contributed by atoms with van der Waals surface area (Å²) in [6, 6.07) is 6.69. The minimum atomic E-state index is -0.463. The van der Waals surface area contributed by atoms with Gasteiger partial charge in [0.05, 0.1) is 12.7 Å². The number of ether oxygens (including phenoxy) is 2. The molecule has 1 aromatic rings. The quantitative estimate of drug-likeness (QED) is 0.563. The Bertz CT molecular complexity index is 371. The summed E-state index contributed by atoms with van der Waals surface area (Å²) < 4.78 is 10.1. The fourth-order valence-corrected chi connectivity index (χ4v) is 1.11. The van der Waals surface area contributed by atoms with E-state index in [9.17, 15) is 4.79 Å². The van der Waals surface area contributed by atoms with E-state index in [1.807, 2.05) is 0 Å². The van der Waals surface area contributed by atoms with Gasteiger partial charge in [0.2, 0.25) is 0 Å². The van der Waals surface area contributed by atoms with Crippen molar-refractivity contribution in [2.45, 2.75) is 6.10 Å². The van der Waals surface area contributed by atoms with Crippen LogP contribution in [0, 0.1) is 0 Å². The van der Waals surface area contributed by atoms with Crippen LogP contribution in [0.15, 0.2) is 49.6 Å². The molecule has 84 valence electrons. The molecule has 3 nitrogen and oxygen atoms in total. The summed E-state index contributed by atoms with van der Waals surface area (Å²) >= 11 is 0. The van der Waals surface area contributed by atoms with E-state index >= 15 is 0 Å². The zero-order valence-corrected chi connectivity index (χ0v) is 9.18. The molecule has 0 aromatic heterocycles. The van der Waals surface area contributed by atoms with Crippen molar-refractivity contribution in [3.05, 3.63) is 55.1 Å². The molecule has 1 aromatic carbocycles. The van der Waals surface area contributed by atoms with Crippen LogP contribution >= 0.6 is 0 Å². The van der Waals surface area contributed by atoms with Gasteiger partial charge in [-0.15, -0.1) is 0 Å². The van der Waals surface area contributed by atoms with Crippen molar-refractivity contribution >= 4 is 5.97 Å². The molecular formula is C13H14O3. The largest absolute Gasteiger partial charge is 0.497 e. The number of rotatable bonds is 5. The second kappa shape index (κ2) is 5.75. The van der Waals surface area contributed by atoms with Crippen LogP contribution in [0.25, 0.3) is 0 Å². The predicted octanol–water partition coefficient (Wildman–Crippen LogP) is 2.59. The van der Waals surface area contributed by atoms with E-state index < -0.39 is 12.1 Å². The highest BCUT2D eigenvalue weighted by molar-refractivity contribution is 5.89. The average molecular weight is 218 g/mol. The van der Waals surface area contributed by atoms with Crippen LogP contribution in [0.4, 0.5) is 0 Å². The van der Waals surface area contributed by atoms with E-state index in [2.05, 4.69) is 13.2 Å². The second-order valence-electron chi connectivity index (χ2n) is 3.07. The molecule has 0 saturated heterocycles. The van der Waals surface area contributed by atoms with Crippen LogP contribution in [0.5, 0.6) is 5.75 Å². The SMILES string of the molecule is C=CC(C=C)OC(=O)c1ccc(OC)cc1. The summed E-state index contributed by atoms with van der Waals surface area (Å²) in [4.78, 5) is 11.6. The van der Waals surface area contributed by atoms with Gasteiger partial charge >= 0.3 is 5.97 Å². The Kier molecular flexibility index (Phi) is 4.33. The number of hydrogen-bond donors (Lipinski definition) is 0. The van der Waals surface area contributed by atoms with Gasteiger partial charge in [0, 0.05) is 0 Å². The molecule has 0 aliphatic rings. The topological polar surface area (TPSA) is 35.5 Å². The maximum Gasteiger partial charge on any atom is 0.339 e. The molecule has 0 aliphatic carbocycles. The minimum Gasteiger partial charge on any atom is -0.497 e. The number of methoxy groups -OCH3 is 1. The predicted molar refractivity (Wildman–Crippen MR) is 62.6 cm³/mol. The van der Waals surface area contributed by atoms with Gasteiger partial charge in [0.15, 0.2) is 0 Å². The molecule has 0 bridgehead atoms. The standard InChI is InChI=1S/C13H14O3/c1-4-11(5-2)16-13(14)10-6-8-12(15-3)9-7-10/h4-9,11H,1-2H2,3H3. The number of carbonyl (C=O) groups is 1. The highest BCUT2D eigenvalue weighted by Crippen LogP contribution is 2.12. The molecule has 3 heteroatoms. The molecule has 16 heavy (non-hydrogen) atoms. The maximum absolute atomic E-state index is 11.6. The first-order chi connectivity index (χ1) is 7.71. The third kappa shape index (κ3) is 2.98. The van der Waals surface area contributed by atoms with Crippen molar-refractivity contribution in [1.82, 2.24) is 0 Å². The molecule has 1 rings (SSSR count). The van der Waals surface area contributed by atoms with Crippen molar-refractivity contribution in [2.24, 2.45) is 0 Å². The fourth-order valence-electron chi connectivity index (χ4n) is 1.11. The van der Waals surface area contributed by atoms with Gasteiger partial charge in [-0.25, -0.2) is 4.79 Å². The third-order valence-electron chi connectivity index (χ3n) is 2.03. The maximum atomic E-state index is 11.6. The highest BCUT2D eigenvalue weighted by atomic mass is 16.5. The summed E-state index contributed by atoms with van der Waals surface area (Å²) in [6.07, 6.45) is 2.55. The molecule has 0 amide bonds. The van der Waals surface area contributed by atoms with Gasteiger partial charge in [-0.3, -0.25) is 0 Å². The van der Waals surface area contributed by atoms with Gasteiger partial charge in [-0.1, -0.05) is 13.2 Å². The Morgan fingerprint density at radius 2 is 1.81 bits per heavy atom. The van der Waals surface area contributed by atoms with Crippen molar-refractivity contribution in [2.75, 3.05) is 7.11 Å². The normalized spacial score (nSPS) is 9.62. The molecule has 0 radical (unpaired) electrons. The van der Waals surface area contributed by atoms with Crippen LogP contribution in [-0.4, -0.2) is 19.2 Å². The Balaban J connectivity index is 2.72. The molecule has 0 unspecified atom stereocenters. The average Bonchev–Trinajstić information content (AvgIpc) is 2.35. The van der Waals surface area contributed by atoms with Crippen LogP contribution in [0.1, 0.15) is 10.4 Å². The second-order valence-corrected chi connectivity index (χ2v) is 3.07. The zero-order chi connectivity index (χ0) is 12.0. The van der Waals surface area contributed by atoms with E-state index in [1.54, 1.807) is 31.4 Å². The third-order valence-corrected chi connectivity index (χ3v) is 2.03. The number of carbonyl (C=O) groups excluding carboxylic acids is 1. The Morgan fingerprint density at radius 1 is 1.25 bits per heavy atom. The van der Waals surface area contributed by atoms with Crippen LogP contribution in [0.3, 0.4) is 0 Å². The Labute approximate surface area is 95.0 Å². The smallest absolute Gasteiger partial charge is 0.339 e. The molecule has 0 saturated carbocycles. The molecule has 0 heterocycles.